The maximum Gasteiger partial charge on any atom is 0.242 e. The molecule has 0 amide bonds. The van der Waals surface area contributed by atoms with Crippen LogP contribution in [0.3, 0.4) is 0 Å². The second-order valence-corrected chi connectivity index (χ2v) is 11.6. The summed E-state index contributed by atoms with van der Waals surface area (Å²) in [6.45, 7) is 1.19. The smallest absolute Gasteiger partial charge is 0.242 e. The minimum absolute atomic E-state index is 0.0204. The Morgan fingerprint density at radius 3 is 2.35 bits per heavy atom. The standard InChI is InChI=1S/C24H29Cl2N5O2S/c1-31(2)23-19-5-3-4-6-21(19)29-24(30-23)27-14-16-7-9-17(10-8-16)15-28-34(32,33)22-13-18(25)11-12-20(22)26/h3-6,11-13,16-17,28H,7-10,14-15H2,1-2H3,(H,27,29,30). The maximum absolute atomic E-state index is 12.7. The normalized spacial score (nSPS) is 18.7. The summed E-state index contributed by atoms with van der Waals surface area (Å²) in [7, 11) is 0.260. The van der Waals surface area contributed by atoms with E-state index in [4.69, 9.17) is 28.2 Å². The van der Waals surface area contributed by atoms with Gasteiger partial charge >= 0.3 is 0 Å². The Hall–Kier alpha value is -2.13. The van der Waals surface area contributed by atoms with Crippen molar-refractivity contribution >= 4 is 55.9 Å². The highest BCUT2D eigenvalue weighted by Gasteiger charge is 2.25. The lowest BCUT2D eigenvalue weighted by molar-refractivity contribution is 0.284. The van der Waals surface area contributed by atoms with Crippen LogP contribution in [0, 0.1) is 11.8 Å². The number of nitrogens with zero attached hydrogens (tertiary/aromatic N) is 3. The molecule has 182 valence electrons. The van der Waals surface area contributed by atoms with Crippen molar-refractivity contribution < 1.29 is 8.42 Å². The van der Waals surface area contributed by atoms with Crippen molar-refractivity contribution in [1.29, 1.82) is 0 Å². The molecule has 10 heteroatoms. The largest absolute Gasteiger partial charge is 0.362 e. The summed E-state index contributed by atoms with van der Waals surface area (Å²) in [5.41, 5.74) is 0.916. The predicted octanol–water partition coefficient (Wildman–Crippen LogP) is 5.20. The molecular formula is C24H29Cl2N5O2S. The summed E-state index contributed by atoms with van der Waals surface area (Å²) in [6, 6.07) is 12.5. The highest BCUT2D eigenvalue weighted by atomic mass is 35.5. The average Bonchev–Trinajstić information content (AvgIpc) is 2.83. The predicted molar refractivity (Wildman–Crippen MR) is 139 cm³/mol. The number of rotatable bonds is 8. The minimum Gasteiger partial charge on any atom is -0.362 e. The first-order valence-corrected chi connectivity index (χ1v) is 13.6. The van der Waals surface area contributed by atoms with Gasteiger partial charge in [-0.15, -0.1) is 0 Å². The molecule has 0 spiro atoms. The summed E-state index contributed by atoms with van der Waals surface area (Å²) in [6.07, 6.45) is 3.95. The lowest BCUT2D eigenvalue weighted by atomic mass is 9.82. The first-order valence-electron chi connectivity index (χ1n) is 11.4. The van der Waals surface area contributed by atoms with Crippen LogP contribution in [0.4, 0.5) is 11.8 Å². The number of aromatic nitrogens is 2. The number of nitrogens with one attached hydrogen (secondary N) is 2. The fourth-order valence-corrected chi connectivity index (χ4v) is 6.22. The number of anilines is 2. The van der Waals surface area contributed by atoms with Gasteiger partial charge in [0.1, 0.15) is 10.7 Å². The van der Waals surface area contributed by atoms with Crippen LogP contribution in [-0.2, 0) is 10.0 Å². The molecule has 1 aliphatic rings. The summed E-state index contributed by atoms with van der Waals surface area (Å²) in [4.78, 5) is 11.4. The third kappa shape index (κ3) is 5.92. The Labute approximate surface area is 210 Å². The summed E-state index contributed by atoms with van der Waals surface area (Å²) in [5, 5.41) is 4.95. The Morgan fingerprint density at radius 2 is 1.65 bits per heavy atom. The number of para-hydroxylation sites is 1. The number of benzene rings is 2. The van der Waals surface area contributed by atoms with Gasteiger partial charge in [-0.1, -0.05) is 35.3 Å². The maximum atomic E-state index is 12.7. The molecule has 1 heterocycles. The molecule has 7 nitrogen and oxygen atoms in total. The molecule has 0 atom stereocenters. The van der Waals surface area contributed by atoms with Gasteiger partial charge in [0.05, 0.1) is 10.5 Å². The van der Waals surface area contributed by atoms with E-state index in [9.17, 15) is 8.42 Å². The van der Waals surface area contributed by atoms with E-state index in [1.54, 1.807) is 6.07 Å². The first-order chi connectivity index (χ1) is 16.2. The van der Waals surface area contributed by atoms with Crippen molar-refractivity contribution in [2.24, 2.45) is 11.8 Å². The van der Waals surface area contributed by atoms with Crippen molar-refractivity contribution in [2.75, 3.05) is 37.4 Å². The van der Waals surface area contributed by atoms with E-state index >= 15 is 0 Å². The van der Waals surface area contributed by atoms with Crippen LogP contribution in [-0.4, -0.2) is 45.6 Å². The molecule has 2 N–H and O–H groups in total. The third-order valence-corrected chi connectivity index (χ3v) is 8.41. The first kappa shape index (κ1) is 25.0. The number of sulfonamides is 1. The lowest BCUT2D eigenvalue weighted by Crippen LogP contribution is -2.32. The molecule has 1 saturated carbocycles. The van der Waals surface area contributed by atoms with Crippen molar-refractivity contribution in [3.05, 3.63) is 52.5 Å². The Kier molecular flexibility index (Phi) is 7.82. The summed E-state index contributed by atoms with van der Waals surface area (Å²) < 4.78 is 28.0. The van der Waals surface area contributed by atoms with Crippen LogP contribution in [0.15, 0.2) is 47.4 Å². The van der Waals surface area contributed by atoms with Gasteiger partial charge < -0.3 is 10.2 Å². The molecule has 0 bridgehead atoms. The van der Waals surface area contributed by atoms with E-state index < -0.39 is 10.0 Å². The van der Waals surface area contributed by atoms with E-state index in [1.807, 2.05) is 43.3 Å². The van der Waals surface area contributed by atoms with Crippen LogP contribution < -0.4 is 14.9 Å². The molecule has 1 aliphatic carbocycles. The second-order valence-electron chi connectivity index (χ2n) is 8.98. The highest BCUT2D eigenvalue weighted by Crippen LogP contribution is 2.30. The topological polar surface area (TPSA) is 87.2 Å². The molecule has 0 radical (unpaired) electrons. The van der Waals surface area contributed by atoms with Gasteiger partial charge in [-0.25, -0.2) is 18.1 Å². The number of fused-ring (bicyclic) bond motifs is 1. The van der Waals surface area contributed by atoms with E-state index in [1.165, 1.54) is 12.1 Å². The van der Waals surface area contributed by atoms with E-state index in [0.717, 1.165) is 48.9 Å². The molecule has 34 heavy (non-hydrogen) atoms. The van der Waals surface area contributed by atoms with E-state index in [2.05, 4.69) is 15.0 Å². The molecule has 1 aromatic heterocycles. The van der Waals surface area contributed by atoms with Gasteiger partial charge in [-0.3, -0.25) is 0 Å². The molecular weight excluding hydrogens is 493 g/mol. The second kappa shape index (κ2) is 10.6. The van der Waals surface area contributed by atoms with Crippen molar-refractivity contribution in [3.8, 4) is 0 Å². The van der Waals surface area contributed by atoms with Gasteiger partial charge in [0.2, 0.25) is 16.0 Å². The number of hydrogen-bond donors (Lipinski definition) is 2. The molecule has 4 rings (SSSR count). The zero-order valence-electron chi connectivity index (χ0n) is 19.3. The van der Waals surface area contributed by atoms with Crippen LogP contribution >= 0.6 is 23.2 Å². The molecule has 2 aromatic carbocycles. The summed E-state index contributed by atoms with van der Waals surface area (Å²) >= 11 is 12.0. The number of halogens is 2. The molecule has 3 aromatic rings. The fourth-order valence-electron chi connectivity index (χ4n) is 4.34. The van der Waals surface area contributed by atoms with E-state index in [-0.39, 0.29) is 9.92 Å². The van der Waals surface area contributed by atoms with Gasteiger partial charge in [-0.2, -0.15) is 4.98 Å². The van der Waals surface area contributed by atoms with Crippen LogP contribution in [0.2, 0.25) is 10.0 Å². The van der Waals surface area contributed by atoms with Gasteiger partial charge in [0.25, 0.3) is 0 Å². The van der Waals surface area contributed by atoms with E-state index in [0.29, 0.717) is 29.4 Å². The highest BCUT2D eigenvalue weighted by molar-refractivity contribution is 7.89. The Bertz CT molecular complexity index is 1260. The quantitative estimate of drug-likeness (QED) is 0.423. The Balaban J connectivity index is 1.30. The minimum atomic E-state index is -3.70. The molecule has 1 fully saturated rings. The zero-order chi connectivity index (χ0) is 24.3. The molecule has 0 unspecified atom stereocenters. The number of hydrogen-bond acceptors (Lipinski definition) is 6. The van der Waals surface area contributed by atoms with Crippen LogP contribution in [0.1, 0.15) is 25.7 Å². The lowest BCUT2D eigenvalue weighted by Gasteiger charge is -2.29. The Morgan fingerprint density at radius 1 is 0.971 bits per heavy atom. The monoisotopic (exact) mass is 521 g/mol. The van der Waals surface area contributed by atoms with Crippen molar-refractivity contribution in [1.82, 2.24) is 14.7 Å². The molecule has 0 aliphatic heterocycles. The zero-order valence-corrected chi connectivity index (χ0v) is 21.6. The summed E-state index contributed by atoms with van der Waals surface area (Å²) in [5.74, 6) is 2.31. The third-order valence-electron chi connectivity index (χ3n) is 6.27. The molecule has 0 saturated heterocycles. The van der Waals surface area contributed by atoms with Gasteiger partial charge in [0, 0.05) is 37.6 Å². The van der Waals surface area contributed by atoms with Crippen LogP contribution in [0.25, 0.3) is 10.9 Å². The fraction of sp³-hybridized carbons (Fsp3) is 0.417. The van der Waals surface area contributed by atoms with Crippen molar-refractivity contribution in [3.63, 3.8) is 0 Å². The van der Waals surface area contributed by atoms with Gasteiger partial charge in [0.15, 0.2) is 0 Å². The van der Waals surface area contributed by atoms with Crippen molar-refractivity contribution in [2.45, 2.75) is 30.6 Å². The SMILES string of the molecule is CN(C)c1nc(NCC2CCC(CNS(=O)(=O)c3cc(Cl)ccc3Cl)CC2)nc2ccccc12. The van der Waals surface area contributed by atoms with Gasteiger partial charge in [-0.05, 0) is 67.9 Å². The average molecular weight is 523 g/mol. The van der Waals surface area contributed by atoms with Crippen LogP contribution in [0.5, 0.6) is 0 Å².